The fourth-order valence-corrected chi connectivity index (χ4v) is 2.40. The van der Waals surface area contributed by atoms with Crippen molar-refractivity contribution in [3.8, 4) is 5.75 Å². The van der Waals surface area contributed by atoms with Crippen LogP contribution in [0.4, 0.5) is 5.69 Å². The van der Waals surface area contributed by atoms with Crippen molar-refractivity contribution in [1.29, 1.82) is 0 Å². The number of anilines is 1. The molecule has 0 aliphatic carbocycles. The summed E-state index contributed by atoms with van der Waals surface area (Å²) in [6.07, 6.45) is 3.09. The standard InChI is InChI=1S/C17H14ClN5OS.ClH.Ni.H2O/c18-12-5-6-13-14(7-8-19-15(13)9-12)21-23-17(25)22-20-10-11-3-1-2-4-16(11)24;;;/h1-10,24H,(H,19,21)(H2,22,23,25);1H;;1H2/q;;+2;/p-2/b20-10+;;;. The first kappa shape index (κ1) is 25.8. The Hall–Kier alpha value is -2.16. The van der Waals surface area contributed by atoms with Gasteiger partial charge in [-0.1, -0.05) is 41.6 Å². The van der Waals surface area contributed by atoms with Gasteiger partial charge in [-0.2, -0.15) is 5.10 Å². The largest absolute Gasteiger partial charge is 2.00 e. The summed E-state index contributed by atoms with van der Waals surface area (Å²) in [5, 5.41) is 17.3. The summed E-state index contributed by atoms with van der Waals surface area (Å²) in [4.78, 5) is 4.27. The zero-order chi connectivity index (χ0) is 17.6. The SMILES string of the molecule is O.[Cl-].[Ni+2].[O-]c1ccccc1/C=N/NC(=S)NNc1ccnc2cc(Cl)ccc12. The summed E-state index contributed by atoms with van der Waals surface area (Å²) in [6.45, 7) is 0. The molecule has 0 unspecified atom stereocenters. The Balaban J connectivity index is 0.00000243. The number of nitrogens with one attached hydrogen (secondary N) is 3. The van der Waals surface area contributed by atoms with Crippen LogP contribution in [-0.2, 0) is 16.5 Å². The van der Waals surface area contributed by atoms with Crippen LogP contribution in [0.1, 0.15) is 5.56 Å². The molecule has 0 radical (unpaired) electrons. The maximum Gasteiger partial charge on any atom is 2.00 e. The average Bonchev–Trinajstić information content (AvgIpc) is 2.61. The number of fused-ring (bicyclic) bond motifs is 1. The second kappa shape index (κ2) is 12.3. The third-order valence-corrected chi connectivity index (χ3v) is 3.73. The molecule has 0 amide bonds. The Kier molecular flexibility index (Phi) is 11.4. The number of hydrazine groups is 1. The Morgan fingerprint density at radius 1 is 1.18 bits per heavy atom. The van der Waals surface area contributed by atoms with Crippen molar-refractivity contribution in [2.24, 2.45) is 5.10 Å². The molecule has 0 saturated carbocycles. The Bertz CT molecular complexity index is 962. The molecule has 0 spiro atoms. The molecule has 11 heteroatoms. The van der Waals surface area contributed by atoms with Gasteiger partial charge in [0.2, 0.25) is 5.11 Å². The van der Waals surface area contributed by atoms with Crippen LogP contribution in [0.15, 0.2) is 59.8 Å². The van der Waals surface area contributed by atoms with Crippen molar-refractivity contribution >= 4 is 51.7 Å². The number of rotatable bonds is 4. The zero-order valence-electron chi connectivity index (χ0n) is 14.1. The molecule has 7 nitrogen and oxygen atoms in total. The van der Waals surface area contributed by atoms with Crippen LogP contribution in [-0.4, -0.2) is 21.8 Å². The minimum absolute atomic E-state index is 0. The van der Waals surface area contributed by atoms with E-state index in [0.717, 1.165) is 16.6 Å². The van der Waals surface area contributed by atoms with Crippen molar-refractivity contribution in [3.63, 3.8) is 0 Å². The van der Waals surface area contributed by atoms with Crippen LogP contribution in [0.2, 0.25) is 5.02 Å². The van der Waals surface area contributed by atoms with Crippen LogP contribution in [0, 0.1) is 0 Å². The number of pyridine rings is 1. The van der Waals surface area contributed by atoms with E-state index in [1.807, 2.05) is 12.1 Å². The predicted octanol–water partition coefficient (Wildman–Crippen LogP) is -1.04. The normalized spacial score (nSPS) is 9.61. The topological polar surface area (TPSA) is 116 Å². The molecule has 0 aliphatic rings. The van der Waals surface area contributed by atoms with Gasteiger partial charge in [0.15, 0.2) is 0 Å². The van der Waals surface area contributed by atoms with Crippen molar-refractivity contribution in [3.05, 3.63) is 65.3 Å². The summed E-state index contributed by atoms with van der Waals surface area (Å²) in [5.74, 6) is -0.105. The molecule has 28 heavy (non-hydrogen) atoms. The van der Waals surface area contributed by atoms with Gasteiger partial charge in [0, 0.05) is 16.6 Å². The molecule has 1 heterocycles. The van der Waals surface area contributed by atoms with Crippen molar-refractivity contribution in [2.45, 2.75) is 0 Å². The molecule has 2 aromatic carbocycles. The molecule has 150 valence electrons. The van der Waals surface area contributed by atoms with Gasteiger partial charge in [-0.25, -0.2) is 0 Å². The van der Waals surface area contributed by atoms with Crippen molar-refractivity contribution in [1.82, 2.24) is 15.8 Å². The Labute approximate surface area is 188 Å². The zero-order valence-corrected chi connectivity index (χ0v) is 17.4. The molecule has 3 rings (SSSR count). The van der Waals surface area contributed by atoms with Gasteiger partial charge in [0.25, 0.3) is 0 Å². The number of benzene rings is 2. The fourth-order valence-electron chi connectivity index (χ4n) is 2.13. The number of hydrogen-bond acceptors (Lipinski definition) is 5. The summed E-state index contributed by atoms with van der Waals surface area (Å²) in [6, 6.07) is 13.8. The first-order valence-electron chi connectivity index (χ1n) is 7.29. The van der Waals surface area contributed by atoms with Crippen LogP contribution in [0.5, 0.6) is 5.75 Å². The number of nitrogens with zero attached hydrogens (tertiary/aromatic N) is 2. The molecule has 0 aliphatic heterocycles. The van der Waals surface area contributed by atoms with E-state index in [-0.39, 0.29) is 45.2 Å². The maximum atomic E-state index is 11.6. The van der Waals surface area contributed by atoms with Gasteiger partial charge in [0.05, 0.1) is 17.4 Å². The van der Waals surface area contributed by atoms with E-state index in [0.29, 0.717) is 10.6 Å². The second-order valence-electron chi connectivity index (χ2n) is 5.01. The molecule has 3 aromatic rings. The first-order valence-corrected chi connectivity index (χ1v) is 8.07. The molecule has 0 atom stereocenters. The fraction of sp³-hybridized carbons (Fsp3) is 0. The van der Waals surface area contributed by atoms with Crippen molar-refractivity contribution in [2.75, 3.05) is 5.43 Å². The van der Waals surface area contributed by atoms with E-state index < -0.39 is 0 Å². The van der Waals surface area contributed by atoms with Gasteiger partial charge in [-0.05, 0) is 42.0 Å². The third kappa shape index (κ3) is 6.78. The van der Waals surface area contributed by atoms with Crippen LogP contribution >= 0.6 is 23.8 Å². The number of hydrogen-bond donors (Lipinski definition) is 3. The minimum atomic E-state index is -0.105. The molecule has 0 fully saturated rings. The van der Waals surface area contributed by atoms with E-state index in [2.05, 4.69) is 26.4 Å². The average molecular weight is 483 g/mol. The van der Waals surface area contributed by atoms with E-state index in [9.17, 15) is 5.11 Å². The quantitative estimate of drug-likeness (QED) is 0.189. The van der Waals surface area contributed by atoms with E-state index >= 15 is 0 Å². The number of thiocarbonyl (C=S) groups is 1. The third-order valence-electron chi connectivity index (χ3n) is 3.30. The van der Waals surface area contributed by atoms with Crippen molar-refractivity contribution < 1.29 is 39.5 Å². The Morgan fingerprint density at radius 3 is 2.68 bits per heavy atom. The van der Waals surface area contributed by atoms with Gasteiger partial charge in [-0.15, -0.1) is 0 Å². The van der Waals surface area contributed by atoms with Crippen LogP contribution in [0.3, 0.4) is 0 Å². The van der Waals surface area contributed by atoms with E-state index in [1.54, 1.807) is 36.5 Å². The summed E-state index contributed by atoms with van der Waals surface area (Å²) >= 11 is 11.1. The number of para-hydroxylation sites is 1. The molecule has 1 aromatic heterocycles. The van der Waals surface area contributed by atoms with Gasteiger partial charge in [-0.3, -0.25) is 21.3 Å². The van der Waals surface area contributed by atoms with Crippen LogP contribution < -0.4 is 33.8 Å². The van der Waals surface area contributed by atoms with E-state index in [4.69, 9.17) is 23.8 Å². The smallest absolute Gasteiger partial charge is 1.00 e. The van der Waals surface area contributed by atoms with E-state index in [1.165, 1.54) is 12.3 Å². The molecule has 0 bridgehead atoms. The monoisotopic (exact) mass is 481 g/mol. The number of aromatic nitrogens is 1. The summed E-state index contributed by atoms with van der Waals surface area (Å²) in [5.41, 5.74) is 10.5. The second-order valence-corrected chi connectivity index (χ2v) is 5.85. The van der Waals surface area contributed by atoms with Gasteiger partial charge >= 0.3 is 16.5 Å². The van der Waals surface area contributed by atoms with Crippen LogP contribution in [0.25, 0.3) is 10.9 Å². The maximum absolute atomic E-state index is 11.6. The number of halogens is 2. The summed E-state index contributed by atoms with van der Waals surface area (Å²) < 4.78 is 0. The van der Waals surface area contributed by atoms with Gasteiger partial charge in [0.1, 0.15) is 0 Å². The summed E-state index contributed by atoms with van der Waals surface area (Å²) in [7, 11) is 0. The molecule has 5 N–H and O–H groups in total. The molecule has 0 saturated heterocycles. The number of hydrazone groups is 1. The van der Waals surface area contributed by atoms with Gasteiger partial charge < -0.3 is 23.0 Å². The Morgan fingerprint density at radius 2 is 1.93 bits per heavy atom. The molecular formula is C17H15Cl2N5NiO2S. The predicted molar refractivity (Wildman–Crippen MR) is 106 cm³/mol. The molecular weight excluding hydrogens is 468 g/mol. The first-order chi connectivity index (χ1) is 12.1. The minimum Gasteiger partial charge on any atom is -1.00 e.